The lowest BCUT2D eigenvalue weighted by molar-refractivity contribution is 0.386. The molecule has 3 nitrogen and oxygen atoms in total. The molecular formula is C17H20FN3. The Morgan fingerprint density at radius 1 is 1.24 bits per heavy atom. The maximum atomic E-state index is 13.3. The molecule has 1 unspecified atom stereocenters. The number of hydrogen-bond acceptors (Lipinski definition) is 3. The van der Waals surface area contributed by atoms with Crippen molar-refractivity contribution in [2.75, 3.05) is 32.5 Å². The zero-order chi connectivity index (χ0) is 14.8. The quantitative estimate of drug-likeness (QED) is 0.873. The van der Waals surface area contributed by atoms with E-state index < -0.39 is 5.95 Å². The van der Waals surface area contributed by atoms with Gasteiger partial charge in [0.1, 0.15) is 0 Å². The number of hydrogen-bond donors (Lipinski definition) is 1. The lowest BCUT2D eigenvalue weighted by Gasteiger charge is -2.15. The van der Waals surface area contributed by atoms with Crippen LogP contribution in [0.4, 0.5) is 10.1 Å². The maximum Gasteiger partial charge on any atom is 0.213 e. The summed E-state index contributed by atoms with van der Waals surface area (Å²) < 4.78 is 13.3. The van der Waals surface area contributed by atoms with Gasteiger partial charge in [0.25, 0.3) is 0 Å². The Morgan fingerprint density at radius 3 is 2.81 bits per heavy atom. The molecule has 0 aliphatic carbocycles. The van der Waals surface area contributed by atoms with Crippen molar-refractivity contribution in [1.82, 2.24) is 9.88 Å². The van der Waals surface area contributed by atoms with Gasteiger partial charge < -0.3 is 10.2 Å². The molecular weight excluding hydrogens is 265 g/mol. The van der Waals surface area contributed by atoms with E-state index in [1.165, 1.54) is 23.5 Å². The molecule has 1 aromatic carbocycles. The van der Waals surface area contributed by atoms with Gasteiger partial charge in [0.15, 0.2) is 0 Å². The van der Waals surface area contributed by atoms with Gasteiger partial charge in [0, 0.05) is 30.4 Å². The van der Waals surface area contributed by atoms with Crippen LogP contribution in [0.25, 0.3) is 11.1 Å². The van der Waals surface area contributed by atoms with Crippen molar-refractivity contribution in [1.29, 1.82) is 0 Å². The summed E-state index contributed by atoms with van der Waals surface area (Å²) in [6.45, 7) is 2.05. The summed E-state index contributed by atoms with van der Waals surface area (Å²) in [6, 6.07) is 9.65. The van der Waals surface area contributed by atoms with Crippen LogP contribution in [0, 0.1) is 5.95 Å². The van der Waals surface area contributed by atoms with Crippen molar-refractivity contribution in [3.63, 3.8) is 0 Å². The van der Waals surface area contributed by atoms with Crippen molar-refractivity contribution >= 4 is 5.69 Å². The minimum absolute atomic E-state index is 0.435. The standard InChI is InChI=1S/C17H20FN3/c1-21(2)8-6-14-11-20-16-4-3-12(9-15(14)16)13-5-7-19-17(18)10-13/h3-5,7,9-10,14,20H,6,8,11H2,1-2H3. The van der Waals surface area contributed by atoms with Crippen LogP contribution in [-0.2, 0) is 0 Å². The van der Waals surface area contributed by atoms with Crippen LogP contribution in [-0.4, -0.2) is 37.1 Å². The molecule has 0 saturated heterocycles. The highest BCUT2D eigenvalue weighted by Crippen LogP contribution is 2.36. The van der Waals surface area contributed by atoms with E-state index in [4.69, 9.17) is 0 Å². The molecule has 4 heteroatoms. The fourth-order valence-electron chi connectivity index (χ4n) is 2.84. The zero-order valence-electron chi connectivity index (χ0n) is 12.4. The Morgan fingerprint density at radius 2 is 2.05 bits per heavy atom. The molecule has 0 radical (unpaired) electrons. The lowest BCUT2D eigenvalue weighted by Crippen LogP contribution is -2.16. The SMILES string of the molecule is CN(C)CCC1CNc2ccc(-c3ccnc(F)c3)cc21. The average Bonchev–Trinajstić information content (AvgIpc) is 2.87. The Bertz CT molecular complexity index is 640. The minimum atomic E-state index is -0.435. The molecule has 0 spiro atoms. The van der Waals surface area contributed by atoms with Crippen molar-refractivity contribution in [3.8, 4) is 11.1 Å². The zero-order valence-corrected chi connectivity index (χ0v) is 12.4. The first-order chi connectivity index (χ1) is 10.1. The number of pyridine rings is 1. The van der Waals surface area contributed by atoms with E-state index in [1.807, 2.05) is 12.1 Å². The third kappa shape index (κ3) is 3.05. The van der Waals surface area contributed by atoms with E-state index in [0.717, 1.165) is 30.6 Å². The summed E-state index contributed by atoms with van der Waals surface area (Å²) in [4.78, 5) is 5.83. The van der Waals surface area contributed by atoms with Crippen LogP contribution in [0.1, 0.15) is 17.9 Å². The Labute approximate surface area is 124 Å². The molecule has 21 heavy (non-hydrogen) atoms. The van der Waals surface area contributed by atoms with E-state index in [0.29, 0.717) is 5.92 Å². The Balaban J connectivity index is 1.88. The molecule has 0 bridgehead atoms. The highest BCUT2D eigenvalue weighted by Gasteiger charge is 2.22. The van der Waals surface area contributed by atoms with Gasteiger partial charge in [-0.2, -0.15) is 4.39 Å². The molecule has 110 valence electrons. The van der Waals surface area contributed by atoms with Crippen molar-refractivity contribution < 1.29 is 4.39 Å². The van der Waals surface area contributed by atoms with Gasteiger partial charge >= 0.3 is 0 Å². The Kier molecular flexibility index (Phi) is 3.88. The van der Waals surface area contributed by atoms with Crippen LogP contribution in [0.3, 0.4) is 0 Å². The number of rotatable bonds is 4. The van der Waals surface area contributed by atoms with Gasteiger partial charge in [-0.3, -0.25) is 0 Å². The highest BCUT2D eigenvalue weighted by atomic mass is 19.1. The van der Waals surface area contributed by atoms with Crippen LogP contribution in [0.5, 0.6) is 0 Å². The number of anilines is 1. The summed E-state index contributed by atoms with van der Waals surface area (Å²) in [5, 5.41) is 3.46. The van der Waals surface area contributed by atoms with E-state index in [1.54, 1.807) is 0 Å². The molecule has 0 saturated carbocycles. The first-order valence-corrected chi connectivity index (χ1v) is 7.28. The maximum absolute atomic E-state index is 13.3. The molecule has 1 atom stereocenters. The van der Waals surface area contributed by atoms with Crippen LogP contribution >= 0.6 is 0 Å². The number of benzene rings is 1. The van der Waals surface area contributed by atoms with Gasteiger partial charge in [0.2, 0.25) is 5.95 Å². The van der Waals surface area contributed by atoms with Gasteiger partial charge in [-0.05, 0) is 62.0 Å². The van der Waals surface area contributed by atoms with Gasteiger partial charge in [0.05, 0.1) is 0 Å². The first-order valence-electron chi connectivity index (χ1n) is 7.28. The fraction of sp³-hybridized carbons (Fsp3) is 0.353. The molecule has 1 aromatic heterocycles. The Hall–Kier alpha value is -1.94. The second-order valence-corrected chi connectivity index (χ2v) is 5.84. The molecule has 2 aromatic rings. The van der Waals surface area contributed by atoms with Crippen LogP contribution in [0.2, 0.25) is 0 Å². The molecule has 3 rings (SSSR count). The van der Waals surface area contributed by atoms with E-state index in [9.17, 15) is 4.39 Å². The number of nitrogens with zero attached hydrogens (tertiary/aromatic N) is 2. The van der Waals surface area contributed by atoms with Crippen LogP contribution in [0.15, 0.2) is 36.5 Å². The van der Waals surface area contributed by atoms with E-state index in [-0.39, 0.29) is 0 Å². The summed E-state index contributed by atoms with van der Waals surface area (Å²) in [6.07, 6.45) is 2.64. The predicted octanol–water partition coefficient (Wildman–Crippen LogP) is 3.35. The van der Waals surface area contributed by atoms with Crippen molar-refractivity contribution in [2.45, 2.75) is 12.3 Å². The second kappa shape index (κ2) is 5.82. The predicted molar refractivity (Wildman–Crippen MR) is 84.0 cm³/mol. The largest absolute Gasteiger partial charge is 0.384 e. The van der Waals surface area contributed by atoms with E-state index in [2.05, 4.69) is 41.4 Å². The van der Waals surface area contributed by atoms with Gasteiger partial charge in [-0.15, -0.1) is 0 Å². The smallest absolute Gasteiger partial charge is 0.213 e. The molecule has 1 aliphatic rings. The van der Waals surface area contributed by atoms with Crippen LogP contribution < -0.4 is 5.32 Å². The molecule has 0 fully saturated rings. The number of halogens is 1. The summed E-state index contributed by atoms with van der Waals surface area (Å²) in [5.41, 5.74) is 4.47. The molecule has 1 N–H and O–H groups in total. The summed E-state index contributed by atoms with van der Waals surface area (Å²) in [7, 11) is 4.19. The second-order valence-electron chi connectivity index (χ2n) is 5.84. The average molecular weight is 285 g/mol. The third-order valence-electron chi connectivity index (χ3n) is 4.01. The summed E-state index contributed by atoms with van der Waals surface area (Å²) >= 11 is 0. The minimum Gasteiger partial charge on any atom is -0.384 e. The first kappa shape index (κ1) is 14.0. The highest BCUT2D eigenvalue weighted by molar-refractivity contribution is 5.70. The van der Waals surface area contributed by atoms with Gasteiger partial charge in [-0.25, -0.2) is 4.98 Å². The monoisotopic (exact) mass is 285 g/mol. The van der Waals surface area contributed by atoms with Gasteiger partial charge in [-0.1, -0.05) is 6.07 Å². The number of nitrogens with one attached hydrogen (secondary N) is 1. The number of aromatic nitrogens is 1. The number of fused-ring (bicyclic) bond motifs is 1. The summed E-state index contributed by atoms with van der Waals surface area (Å²) in [5.74, 6) is 0.0873. The lowest BCUT2D eigenvalue weighted by atomic mass is 9.94. The molecule has 1 aliphatic heterocycles. The molecule has 0 amide bonds. The van der Waals surface area contributed by atoms with Crippen molar-refractivity contribution in [3.05, 3.63) is 48.0 Å². The van der Waals surface area contributed by atoms with Crippen molar-refractivity contribution in [2.24, 2.45) is 0 Å². The third-order valence-corrected chi connectivity index (χ3v) is 4.01. The van der Waals surface area contributed by atoms with E-state index >= 15 is 0 Å². The topological polar surface area (TPSA) is 28.2 Å². The molecule has 2 heterocycles. The fourth-order valence-corrected chi connectivity index (χ4v) is 2.84. The normalized spacial score (nSPS) is 16.9.